The van der Waals surface area contributed by atoms with E-state index in [1.165, 1.54) is 26.2 Å². The second-order valence-corrected chi connectivity index (χ2v) is 4.53. The van der Waals surface area contributed by atoms with Crippen molar-refractivity contribution < 1.29 is 14.3 Å². The van der Waals surface area contributed by atoms with E-state index in [4.69, 9.17) is 4.74 Å². The lowest BCUT2D eigenvalue weighted by Crippen LogP contribution is -2.37. The molecule has 78 valence electrons. The molecule has 2 fully saturated rings. The monoisotopic (exact) mass is 196 g/mol. The van der Waals surface area contributed by atoms with Crippen LogP contribution in [0.4, 0.5) is 0 Å². The zero-order valence-corrected chi connectivity index (χ0v) is 8.54. The SMILES string of the molecule is CC(=O)C1(CC2CCC2)CCOC1=O. The Bertz CT molecular complexity index is 268. The molecule has 0 radical (unpaired) electrons. The van der Waals surface area contributed by atoms with Crippen molar-refractivity contribution in [3.63, 3.8) is 0 Å². The summed E-state index contributed by atoms with van der Waals surface area (Å²) in [4.78, 5) is 23.1. The third-order valence-electron chi connectivity index (χ3n) is 3.69. The molecule has 0 amide bonds. The topological polar surface area (TPSA) is 43.4 Å². The predicted molar refractivity (Wildman–Crippen MR) is 50.6 cm³/mol. The first kappa shape index (κ1) is 9.69. The van der Waals surface area contributed by atoms with Crippen molar-refractivity contribution in [1.29, 1.82) is 0 Å². The van der Waals surface area contributed by atoms with Crippen LogP contribution >= 0.6 is 0 Å². The molecular weight excluding hydrogens is 180 g/mol. The molecule has 3 nitrogen and oxygen atoms in total. The van der Waals surface area contributed by atoms with Crippen LogP contribution in [0.15, 0.2) is 0 Å². The maximum atomic E-state index is 11.6. The van der Waals surface area contributed by atoms with Gasteiger partial charge in [-0.1, -0.05) is 19.3 Å². The molecule has 0 N–H and O–H groups in total. The summed E-state index contributed by atoms with van der Waals surface area (Å²) in [5, 5.41) is 0. The van der Waals surface area contributed by atoms with Crippen molar-refractivity contribution in [2.75, 3.05) is 6.61 Å². The minimum absolute atomic E-state index is 0.00750. The summed E-state index contributed by atoms with van der Waals surface area (Å²) in [7, 11) is 0. The summed E-state index contributed by atoms with van der Waals surface area (Å²) in [5.74, 6) is 0.286. The maximum absolute atomic E-state index is 11.6. The summed E-state index contributed by atoms with van der Waals surface area (Å²) in [6.45, 7) is 1.94. The molecule has 3 heteroatoms. The highest BCUT2D eigenvalue weighted by Gasteiger charge is 2.50. The summed E-state index contributed by atoms with van der Waals surface area (Å²) < 4.78 is 4.94. The second kappa shape index (κ2) is 3.37. The third kappa shape index (κ3) is 1.35. The van der Waals surface area contributed by atoms with Gasteiger partial charge in [-0.2, -0.15) is 0 Å². The molecule has 2 aliphatic rings. The summed E-state index contributed by atoms with van der Waals surface area (Å²) in [5.41, 5.74) is -0.773. The lowest BCUT2D eigenvalue weighted by Gasteiger charge is -2.32. The number of Topliss-reactive ketones (excluding diaryl/α,β-unsaturated/α-hetero) is 1. The molecule has 1 saturated carbocycles. The van der Waals surface area contributed by atoms with Crippen molar-refractivity contribution in [2.24, 2.45) is 11.3 Å². The smallest absolute Gasteiger partial charge is 0.319 e. The fraction of sp³-hybridized carbons (Fsp3) is 0.818. The van der Waals surface area contributed by atoms with Gasteiger partial charge >= 0.3 is 5.97 Å². The normalized spacial score (nSPS) is 32.5. The van der Waals surface area contributed by atoms with Gasteiger partial charge in [0.25, 0.3) is 0 Å². The van der Waals surface area contributed by atoms with Crippen LogP contribution in [0.2, 0.25) is 0 Å². The van der Waals surface area contributed by atoms with Gasteiger partial charge < -0.3 is 4.74 Å². The van der Waals surface area contributed by atoms with Gasteiger partial charge in [-0.15, -0.1) is 0 Å². The number of carbonyl (C=O) groups is 2. The molecule has 0 aromatic carbocycles. The fourth-order valence-corrected chi connectivity index (χ4v) is 2.40. The Morgan fingerprint density at radius 2 is 2.29 bits per heavy atom. The first-order chi connectivity index (χ1) is 6.65. The number of hydrogen-bond acceptors (Lipinski definition) is 3. The van der Waals surface area contributed by atoms with E-state index in [0.29, 0.717) is 18.9 Å². The Morgan fingerprint density at radius 1 is 1.57 bits per heavy atom. The highest BCUT2D eigenvalue weighted by atomic mass is 16.5. The van der Waals surface area contributed by atoms with Crippen LogP contribution in [0.1, 0.15) is 39.0 Å². The van der Waals surface area contributed by atoms with Gasteiger partial charge in [-0.3, -0.25) is 9.59 Å². The Morgan fingerprint density at radius 3 is 2.64 bits per heavy atom. The van der Waals surface area contributed by atoms with E-state index in [9.17, 15) is 9.59 Å². The van der Waals surface area contributed by atoms with E-state index in [2.05, 4.69) is 0 Å². The molecule has 1 aliphatic carbocycles. The van der Waals surface area contributed by atoms with Crippen molar-refractivity contribution in [3.8, 4) is 0 Å². The van der Waals surface area contributed by atoms with Crippen LogP contribution in [0.25, 0.3) is 0 Å². The van der Waals surface area contributed by atoms with Gasteiger partial charge in [-0.25, -0.2) is 0 Å². The lowest BCUT2D eigenvalue weighted by molar-refractivity contribution is -0.152. The second-order valence-electron chi connectivity index (χ2n) is 4.53. The Balaban J connectivity index is 2.12. The highest BCUT2D eigenvalue weighted by molar-refractivity contribution is 6.03. The predicted octanol–water partition coefficient (Wildman–Crippen LogP) is 1.70. The van der Waals surface area contributed by atoms with Gasteiger partial charge in [-0.05, 0) is 19.3 Å². The van der Waals surface area contributed by atoms with Gasteiger partial charge in [0, 0.05) is 6.42 Å². The van der Waals surface area contributed by atoms with Crippen LogP contribution in [0.5, 0.6) is 0 Å². The quantitative estimate of drug-likeness (QED) is 0.509. The molecule has 1 unspecified atom stereocenters. The van der Waals surface area contributed by atoms with Crippen molar-refractivity contribution in [2.45, 2.75) is 39.0 Å². The van der Waals surface area contributed by atoms with Gasteiger partial charge in [0.1, 0.15) is 11.2 Å². The fourth-order valence-electron chi connectivity index (χ4n) is 2.40. The molecule has 1 aliphatic heterocycles. The van der Waals surface area contributed by atoms with Gasteiger partial charge in [0.15, 0.2) is 0 Å². The van der Waals surface area contributed by atoms with Crippen LogP contribution in [-0.4, -0.2) is 18.4 Å². The average Bonchev–Trinajstić information content (AvgIpc) is 2.41. The molecule has 1 saturated heterocycles. The van der Waals surface area contributed by atoms with Gasteiger partial charge in [0.05, 0.1) is 6.61 Å². The van der Waals surface area contributed by atoms with E-state index in [1.54, 1.807) is 0 Å². The summed E-state index contributed by atoms with van der Waals surface area (Å²) in [6.07, 6.45) is 4.90. The molecule has 2 rings (SSSR count). The van der Waals surface area contributed by atoms with Gasteiger partial charge in [0.2, 0.25) is 0 Å². The van der Waals surface area contributed by atoms with E-state index >= 15 is 0 Å². The zero-order valence-electron chi connectivity index (χ0n) is 8.54. The zero-order chi connectivity index (χ0) is 10.2. The van der Waals surface area contributed by atoms with E-state index in [-0.39, 0.29) is 11.8 Å². The van der Waals surface area contributed by atoms with E-state index < -0.39 is 5.41 Å². The molecule has 14 heavy (non-hydrogen) atoms. The minimum atomic E-state index is -0.773. The number of ketones is 1. The van der Waals surface area contributed by atoms with Crippen LogP contribution in [0, 0.1) is 11.3 Å². The van der Waals surface area contributed by atoms with Crippen LogP contribution in [0.3, 0.4) is 0 Å². The first-order valence-corrected chi connectivity index (χ1v) is 5.33. The van der Waals surface area contributed by atoms with E-state index in [1.807, 2.05) is 0 Å². The van der Waals surface area contributed by atoms with Crippen molar-refractivity contribution in [3.05, 3.63) is 0 Å². The van der Waals surface area contributed by atoms with Crippen molar-refractivity contribution in [1.82, 2.24) is 0 Å². The first-order valence-electron chi connectivity index (χ1n) is 5.33. The minimum Gasteiger partial charge on any atom is -0.465 e. The molecule has 1 heterocycles. The molecule has 0 aromatic rings. The van der Waals surface area contributed by atoms with Crippen molar-refractivity contribution >= 4 is 11.8 Å². The Hall–Kier alpha value is -0.860. The molecule has 0 bridgehead atoms. The third-order valence-corrected chi connectivity index (χ3v) is 3.69. The summed E-state index contributed by atoms with van der Waals surface area (Å²) >= 11 is 0. The largest absolute Gasteiger partial charge is 0.465 e. The molecule has 1 atom stereocenters. The number of cyclic esters (lactones) is 1. The Labute approximate surface area is 83.8 Å². The molecular formula is C11H16O3. The van der Waals surface area contributed by atoms with E-state index in [0.717, 1.165) is 6.42 Å². The average molecular weight is 196 g/mol. The standard InChI is InChI=1S/C11H16O3/c1-8(12)11(5-6-14-10(11)13)7-9-3-2-4-9/h9H,2-7H2,1H3. The molecule has 0 aromatic heterocycles. The Kier molecular flexibility index (Phi) is 2.33. The summed E-state index contributed by atoms with van der Waals surface area (Å²) in [6, 6.07) is 0. The highest BCUT2D eigenvalue weighted by Crippen LogP contribution is 2.43. The lowest BCUT2D eigenvalue weighted by atomic mass is 9.69. The van der Waals surface area contributed by atoms with Crippen LogP contribution in [-0.2, 0) is 14.3 Å². The number of esters is 1. The maximum Gasteiger partial charge on any atom is 0.319 e. The number of hydrogen-bond donors (Lipinski definition) is 0. The number of carbonyl (C=O) groups excluding carboxylic acids is 2. The molecule has 0 spiro atoms. The number of ether oxygens (including phenoxy) is 1. The number of rotatable bonds is 3. The van der Waals surface area contributed by atoms with Crippen LogP contribution < -0.4 is 0 Å².